The molecule has 4 amide bonds. The first-order valence-electron chi connectivity index (χ1n) is 22.8. The van der Waals surface area contributed by atoms with E-state index < -0.39 is 0 Å². The highest BCUT2D eigenvalue weighted by Gasteiger charge is 2.38. The maximum atomic E-state index is 13.3. The third kappa shape index (κ3) is 12.1. The SMILES string of the molecule is Cl.O=C(c1cc(Cl)cc(Cl)c1)C1CCN(C(=O)C2CCN(Cc3ccnc(N4C(=O)c5ccccc5C4=O)c3)CC2)CC1.O=C(c1cc(Cl)cc(Cl)c1)C1CCN(C(=O)C2CCNCC2)CC1. The summed E-state index contributed by atoms with van der Waals surface area (Å²) in [6.45, 7) is 6.48. The van der Waals surface area contributed by atoms with Crippen molar-refractivity contribution in [1.82, 2.24) is 25.0 Å². The summed E-state index contributed by atoms with van der Waals surface area (Å²) < 4.78 is 0. The molecule has 0 spiro atoms. The van der Waals surface area contributed by atoms with Crippen LogP contribution in [0.4, 0.5) is 5.82 Å². The van der Waals surface area contributed by atoms with Crippen molar-refractivity contribution in [2.75, 3.05) is 57.3 Å². The lowest BCUT2D eigenvalue weighted by Gasteiger charge is -2.37. The van der Waals surface area contributed by atoms with Gasteiger partial charge in [-0.3, -0.25) is 33.7 Å². The van der Waals surface area contributed by atoms with Gasteiger partial charge in [0.25, 0.3) is 11.8 Å². The number of rotatable bonds is 9. The average molecular weight is 1010 g/mol. The van der Waals surface area contributed by atoms with Crippen LogP contribution in [0.15, 0.2) is 79.0 Å². The van der Waals surface area contributed by atoms with E-state index in [4.69, 9.17) is 46.4 Å². The molecule has 4 fully saturated rings. The monoisotopic (exact) mass is 1010 g/mol. The van der Waals surface area contributed by atoms with Crippen molar-refractivity contribution < 1.29 is 28.8 Å². The van der Waals surface area contributed by atoms with Crippen molar-refractivity contribution in [1.29, 1.82) is 0 Å². The van der Waals surface area contributed by atoms with Crippen molar-refractivity contribution in [2.24, 2.45) is 23.7 Å². The second-order valence-electron chi connectivity index (χ2n) is 17.8. The summed E-state index contributed by atoms with van der Waals surface area (Å²) in [6, 6.07) is 20.4. The Kier molecular flexibility index (Phi) is 17.2. The predicted octanol–water partition coefficient (Wildman–Crippen LogP) is 9.36. The van der Waals surface area contributed by atoms with Gasteiger partial charge in [-0.1, -0.05) is 58.5 Å². The molecule has 5 aliphatic heterocycles. The normalized spacial score (nSPS) is 18.8. The predicted molar refractivity (Wildman–Crippen MR) is 263 cm³/mol. The fourth-order valence-corrected chi connectivity index (χ4v) is 10.9. The molecule has 0 unspecified atom stereocenters. The molecule has 12 nitrogen and oxygen atoms in total. The molecule has 0 atom stereocenters. The number of nitrogens with zero attached hydrogens (tertiary/aromatic N) is 5. The molecule has 1 aromatic heterocycles. The van der Waals surface area contributed by atoms with Crippen LogP contribution >= 0.6 is 58.8 Å². The van der Waals surface area contributed by atoms with E-state index in [0.29, 0.717) is 107 Å². The number of piperidine rings is 4. The van der Waals surface area contributed by atoms with E-state index in [0.717, 1.165) is 62.3 Å². The third-order valence-corrected chi connectivity index (χ3v) is 14.4. The number of halogens is 5. The molecule has 5 aliphatic rings. The Balaban J connectivity index is 0.000000227. The Morgan fingerprint density at radius 2 is 0.970 bits per heavy atom. The molecule has 0 bridgehead atoms. The van der Waals surface area contributed by atoms with Gasteiger partial charge < -0.3 is 15.1 Å². The number of carbonyl (C=O) groups excluding carboxylic acids is 6. The smallest absolute Gasteiger partial charge is 0.267 e. The number of ketones is 2. The number of likely N-dealkylation sites (tertiary alicyclic amines) is 3. The van der Waals surface area contributed by atoms with Crippen LogP contribution in [-0.4, -0.2) is 107 Å². The molecular formula is C50H53Cl5N6O6. The van der Waals surface area contributed by atoms with E-state index in [1.807, 2.05) is 15.9 Å². The summed E-state index contributed by atoms with van der Waals surface area (Å²) in [6.07, 6.45) is 7.65. The molecule has 1 N–H and O–H groups in total. The second-order valence-corrected chi connectivity index (χ2v) is 19.6. The number of fused-ring (bicyclic) bond motifs is 1. The van der Waals surface area contributed by atoms with Gasteiger partial charge in [0.2, 0.25) is 11.8 Å². The molecule has 6 heterocycles. The molecule has 354 valence electrons. The molecule has 4 saturated heterocycles. The Morgan fingerprint density at radius 1 is 0.552 bits per heavy atom. The highest BCUT2D eigenvalue weighted by molar-refractivity contribution is 6.36. The van der Waals surface area contributed by atoms with Crippen LogP contribution in [0.25, 0.3) is 0 Å². The van der Waals surface area contributed by atoms with Crippen molar-refractivity contribution >= 4 is 99.8 Å². The van der Waals surface area contributed by atoms with Gasteiger partial charge in [-0.15, -0.1) is 12.4 Å². The minimum Gasteiger partial charge on any atom is -0.342 e. The summed E-state index contributed by atoms with van der Waals surface area (Å²) in [7, 11) is 0. The first kappa shape index (κ1) is 50.5. The average Bonchev–Trinajstić information content (AvgIpc) is 3.59. The van der Waals surface area contributed by atoms with E-state index in [1.165, 1.54) is 0 Å². The fourth-order valence-electron chi connectivity index (χ4n) is 9.85. The van der Waals surface area contributed by atoms with E-state index in [1.54, 1.807) is 72.9 Å². The summed E-state index contributed by atoms with van der Waals surface area (Å²) in [5, 5.41) is 5.12. The summed E-state index contributed by atoms with van der Waals surface area (Å²) in [4.78, 5) is 88.8. The lowest BCUT2D eigenvalue weighted by Crippen LogP contribution is -2.46. The van der Waals surface area contributed by atoms with Gasteiger partial charge >= 0.3 is 0 Å². The molecule has 0 aliphatic carbocycles. The van der Waals surface area contributed by atoms with E-state index >= 15 is 0 Å². The van der Waals surface area contributed by atoms with Gasteiger partial charge in [0.05, 0.1) is 11.1 Å². The highest BCUT2D eigenvalue weighted by atomic mass is 35.5. The van der Waals surface area contributed by atoms with Crippen molar-refractivity contribution in [3.8, 4) is 0 Å². The molecule has 0 radical (unpaired) electrons. The zero-order valence-corrected chi connectivity index (χ0v) is 40.8. The van der Waals surface area contributed by atoms with Gasteiger partial charge in [0.15, 0.2) is 11.6 Å². The zero-order valence-electron chi connectivity index (χ0n) is 36.9. The minimum atomic E-state index is -0.359. The van der Waals surface area contributed by atoms with Crippen LogP contribution in [0, 0.1) is 23.7 Å². The number of hydrogen-bond donors (Lipinski definition) is 1. The standard InChI is InChI=1S/C32H30Cl2N4O4.C18H22Cl2N2O2.ClH/c33-24-16-23(17-25(34)18-24)29(39)21-8-13-37(14-9-21)30(40)22-6-11-36(12-7-22)19-20-5-10-35-28(15-20)38-31(41)26-3-1-2-4-27(26)32(38)42;19-15-9-14(10-16(20)11-15)17(23)12-3-7-22(8-4-12)18(24)13-1-5-21-6-2-13;/h1-5,10,15-18,21-22H,6-9,11-14,19H2;9-13,21H,1-8H2;1H. The van der Waals surface area contributed by atoms with Crippen LogP contribution in [0.5, 0.6) is 0 Å². The van der Waals surface area contributed by atoms with Crippen LogP contribution in [0.1, 0.15) is 98.4 Å². The number of Topliss-reactive ketones (excluding diaryl/α,β-unsaturated/α-hetero) is 2. The number of carbonyl (C=O) groups is 6. The van der Waals surface area contributed by atoms with Crippen LogP contribution in [0.3, 0.4) is 0 Å². The van der Waals surface area contributed by atoms with Gasteiger partial charge in [0, 0.05) is 93.8 Å². The van der Waals surface area contributed by atoms with E-state index in [-0.39, 0.29) is 71.3 Å². The Morgan fingerprint density at radius 3 is 1.42 bits per heavy atom. The Bertz CT molecular complexity index is 2420. The Labute approximate surface area is 417 Å². The summed E-state index contributed by atoms with van der Waals surface area (Å²) in [5.41, 5.74) is 2.82. The number of aromatic nitrogens is 1. The van der Waals surface area contributed by atoms with Gasteiger partial charge in [-0.25, -0.2) is 9.88 Å². The number of nitrogens with one attached hydrogen (secondary N) is 1. The van der Waals surface area contributed by atoms with Crippen molar-refractivity contribution in [3.63, 3.8) is 0 Å². The number of hydrogen-bond acceptors (Lipinski definition) is 9. The molecule has 9 rings (SSSR count). The maximum Gasteiger partial charge on any atom is 0.267 e. The third-order valence-electron chi connectivity index (χ3n) is 13.5. The Hall–Kier alpha value is -4.40. The maximum absolute atomic E-state index is 13.3. The van der Waals surface area contributed by atoms with Crippen molar-refractivity contribution in [3.05, 3.63) is 127 Å². The number of benzene rings is 3. The van der Waals surface area contributed by atoms with Gasteiger partial charge in [0.1, 0.15) is 5.82 Å². The lowest BCUT2D eigenvalue weighted by atomic mass is 9.87. The molecule has 67 heavy (non-hydrogen) atoms. The molecule has 17 heteroatoms. The minimum absolute atomic E-state index is 0. The quantitative estimate of drug-likeness (QED) is 0.128. The van der Waals surface area contributed by atoms with E-state index in [2.05, 4.69) is 15.2 Å². The fraction of sp³-hybridized carbons (Fsp3) is 0.420. The van der Waals surface area contributed by atoms with Crippen LogP contribution < -0.4 is 10.2 Å². The van der Waals surface area contributed by atoms with Crippen molar-refractivity contribution in [2.45, 2.75) is 57.9 Å². The number of imide groups is 1. The van der Waals surface area contributed by atoms with E-state index in [9.17, 15) is 28.8 Å². The highest BCUT2D eigenvalue weighted by Crippen LogP contribution is 2.32. The first-order valence-corrected chi connectivity index (χ1v) is 24.3. The largest absolute Gasteiger partial charge is 0.342 e. The zero-order chi connectivity index (χ0) is 46.5. The molecule has 3 aromatic carbocycles. The lowest BCUT2D eigenvalue weighted by molar-refractivity contribution is -0.138. The molecule has 4 aromatic rings. The summed E-state index contributed by atoms with van der Waals surface area (Å²) >= 11 is 24.1. The number of pyridine rings is 1. The summed E-state index contributed by atoms with van der Waals surface area (Å²) in [5.74, 6) is 0.0454. The van der Waals surface area contributed by atoms with Gasteiger partial charge in [-0.2, -0.15) is 0 Å². The van der Waals surface area contributed by atoms with Gasteiger partial charge in [-0.05, 0) is 144 Å². The van der Waals surface area contributed by atoms with Crippen LogP contribution in [-0.2, 0) is 16.1 Å². The first-order chi connectivity index (χ1) is 31.8. The molecule has 0 saturated carbocycles. The topological polar surface area (TPSA) is 140 Å². The molecular weight excluding hydrogens is 958 g/mol. The van der Waals surface area contributed by atoms with Crippen LogP contribution in [0.2, 0.25) is 20.1 Å². The number of anilines is 1. The number of amides is 4. The second kappa shape index (κ2) is 22.8.